The van der Waals surface area contributed by atoms with Gasteiger partial charge in [-0.2, -0.15) is 0 Å². The van der Waals surface area contributed by atoms with Crippen LogP contribution in [-0.2, 0) is 17.7 Å². The Hall–Kier alpha value is -1.63. The number of nitrogens with zero attached hydrogens (tertiary/aromatic N) is 5. The second-order valence-corrected chi connectivity index (χ2v) is 9.59. The number of aromatic nitrogens is 2. The Labute approximate surface area is 179 Å². The van der Waals surface area contributed by atoms with Crippen molar-refractivity contribution in [2.45, 2.75) is 57.2 Å². The molecule has 0 amide bonds. The largest absolute Gasteiger partial charge is 0.381 e. The van der Waals surface area contributed by atoms with E-state index in [0.717, 1.165) is 51.4 Å². The molecule has 1 aromatic heterocycles. The van der Waals surface area contributed by atoms with E-state index in [1.165, 1.54) is 80.8 Å². The van der Waals surface area contributed by atoms with Crippen molar-refractivity contribution in [3.05, 3.63) is 24.0 Å². The second kappa shape index (κ2) is 8.13. The molecule has 1 aromatic carbocycles. The van der Waals surface area contributed by atoms with Gasteiger partial charge < -0.3 is 14.2 Å². The molecule has 0 atom stereocenters. The quantitative estimate of drug-likeness (QED) is 0.779. The number of fused-ring (bicyclic) bond motifs is 3. The van der Waals surface area contributed by atoms with E-state index in [9.17, 15) is 0 Å². The van der Waals surface area contributed by atoms with Crippen LogP contribution in [0.3, 0.4) is 0 Å². The summed E-state index contributed by atoms with van der Waals surface area (Å²) in [6, 6.07) is 8.52. The van der Waals surface area contributed by atoms with Gasteiger partial charge in [-0.3, -0.25) is 9.80 Å². The van der Waals surface area contributed by atoms with E-state index in [4.69, 9.17) is 9.72 Å². The van der Waals surface area contributed by atoms with Crippen molar-refractivity contribution in [3.8, 4) is 0 Å². The molecule has 6 rings (SSSR count). The highest BCUT2D eigenvalue weighted by atomic mass is 16.5. The lowest BCUT2D eigenvalue weighted by molar-refractivity contribution is 0.0321. The molecule has 2 aromatic rings. The minimum atomic E-state index is 0.729. The average molecular weight is 410 g/mol. The highest BCUT2D eigenvalue weighted by Gasteiger charge is 2.28. The van der Waals surface area contributed by atoms with Gasteiger partial charge >= 0.3 is 0 Å². The first-order valence-electron chi connectivity index (χ1n) is 12.1. The van der Waals surface area contributed by atoms with E-state index in [-0.39, 0.29) is 0 Å². The van der Waals surface area contributed by atoms with Gasteiger partial charge in [0.1, 0.15) is 5.82 Å². The maximum atomic E-state index is 5.55. The lowest BCUT2D eigenvalue weighted by Gasteiger charge is -2.41. The average Bonchev–Trinajstić information content (AvgIpc) is 2.99. The van der Waals surface area contributed by atoms with Crippen molar-refractivity contribution in [2.75, 3.05) is 57.4 Å². The van der Waals surface area contributed by atoms with Crippen LogP contribution >= 0.6 is 0 Å². The Morgan fingerprint density at radius 1 is 0.800 bits per heavy atom. The summed E-state index contributed by atoms with van der Waals surface area (Å²) in [7, 11) is 0. The van der Waals surface area contributed by atoms with Gasteiger partial charge in [0.15, 0.2) is 0 Å². The van der Waals surface area contributed by atoms with E-state index in [2.05, 4.69) is 37.5 Å². The normalized spacial score (nSPS) is 25.3. The summed E-state index contributed by atoms with van der Waals surface area (Å²) in [4.78, 5) is 13.0. The van der Waals surface area contributed by atoms with Gasteiger partial charge in [0.25, 0.3) is 0 Å². The van der Waals surface area contributed by atoms with Crippen LogP contribution < -0.4 is 4.90 Å². The van der Waals surface area contributed by atoms with Gasteiger partial charge in [0, 0.05) is 83.2 Å². The monoisotopic (exact) mass is 409 g/mol. The van der Waals surface area contributed by atoms with E-state index in [0.29, 0.717) is 0 Å². The zero-order chi connectivity index (χ0) is 19.9. The molecule has 0 spiro atoms. The molecule has 0 N–H and O–H groups in total. The summed E-state index contributed by atoms with van der Waals surface area (Å²) >= 11 is 0. The van der Waals surface area contributed by atoms with E-state index >= 15 is 0 Å². The Morgan fingerprint density at radius 3 is 2.30 bits per heavy atom. The maximum absolute atomic E-state index is 5.55. The van der Waals surface area contributed by atoms with Crippen molar-refractivity contribution in [1.29, 1.82) is 0 Å². The van der Waals surface area contributed by atoms with Crippen LogP contribution in [0.15, 0.2) is 18.2 Å². The number of benzene rings is 1. The molecule has 2 saturated heterocycles. The SMILES string of the molecule is c1cc2nc3n(c2cc1N1CCN(C2CCOCC2)CC1)CCN(C1CCC1)CC3. The predicted octanol–water partition coefficient (Wildman–Crippen LogP) is 2.75. The zero-order valence-corrected chi connectivity index (χ0v) is 18.1. The molecule has 4 heterocycles. The number of rotatable bonds is 3. The summed E-state index contributed by atoms with van der Waals surface area (Å²) in [5.41, 5.74) is 3.88. The highest BCUT2D eigenvalue weighted by molar-refractivity contribution is 5.80. The molecule has 0 radical (unpaired) electrons. The summed E-state index contributed by atoms with van der Waals surface area (Å²) in [6.45, 7) is 9.90. The highest BCUT2D eigenvalue weighted by Crippen LogP contribution is 2.29. The van der Waals surface area contributed by atoms with E-state index < -0.39 is 0 Å². The number of ether oxygens (including phenoxy) is 1. The van der Waals surface area contributed by atoms with Gasteiger partial charge in [0.05, 0.1) is 11.0 Å². The van der Waals surface area contributed by atoms with Crippen LogP contribution in [0.25, 0.3) is 11.0 Å². The molecule has 1 saturated carbocycles. The fraction of sp³-hybridized carbons (Fsp3) is 0.708. The van der Waals surface area contributed by atoms with Gasteiger partial charge in [-0.25, -0.2) is 4.98 Å². The molecule has 6 heteroatoms. The third-order valence-corrected chi connectivity index (χ3v) is 8.02. The Kier molecular flexibility index (Phi) is 5.18. The molecule has 162 valence electrons. The zero-order valence-electron chi connectivity index (χ0n) is 18.1. The maximum Gasteiger partial charge on any atom is 0.111 e. The molecule has 1 aliphatic carbocycles. The number of anilines is 1. The third-order valence-electron chi connectivity index (χ3n) is 8.02. The lowest BCUT2D eigenvalue weighted by atomic mass is 9.91. The molecular weight excluding hydrogens is 374 g/mol. The van der Waals surface area contributed by atoms with Gasteiger partial charge in [-0.05, 0) is 43.9 Å². The Morgan fingerprint density at radius 2 is 1.53 bits per heavy atom. The lowest BCUT2D eigenvalue weighted by Crippen LogP contribution is -2.51. The molecular formula is C24H35N5O. The molecule has 30 heavy (non-hydrogen) atoms. The smallest absolute Gasteiger partial charge is 0.111 e. The first kappa shape index (κ1) is 19.1. The first-order valence-corrected chi connectivity index (χ1v) is 12.1. The van der Waals surface area contributed by atoms with Crippen LogP contribution in [0.5, 0.6) is 0 Å². The van der Waals surface area contributed by atoms with Gasteiger partial charge in [0.2, 0.25) is 0 Å². The van der Waals surface area contributed by atoms with Crippen molar-refractivity contribution in [3.63, 3.8) is 0 Å². The minimum absolute atomic E-state index is 0.729. The molecule has 0 bridgehead atoms. The number of hydrogen-bond acceptors (Lipinski definition) is 5. The standard InChI is InChI=1S/C24H35N5O/c1-2-19(3-1)26-9-6-24-25-22-5-4-21(18-23(22)29(24)15-14-26)28-12-10-27(11-13-28)20-7-16-30-17-8-20/h4-5,18-20H,1-3,6-17H2. The molecule has 0 unspecified atom stereocenters. The number of hydrogen-bond donors (Lipinski definition) is 0. The predicted molar refractivity (Wildman–Crippen MR) is 120 cm³/mol. The summed E-state index contributed by atoms with van der Waals surface area (Å²) in [6.07, 6.45) is 7.70. The summed E-state index contributed by atoms with van der Waals surface area (Å²) < 4.78 is 8.06. The molecule has 3 fully saturated rings. The van der Waals surface area contributed by atoms with Crippen molar-refractivity contribution in [1.82, 2.24) is 19.4 Å². The van der Waals surface area contributed by atoms with Crippen molar-refractivity contribution in [2.24, 2.45) is 0 Å². The van der Waals surface area contributed by atoms with Crippen LogP contribution in [-0.4, -0.2) is 83.9 Å². The van der Waals surface area contributed by atoms with Gasteiger partial charge in [-0.1, -0.05) is 6.42 Å². The van der Waals surface area contributed by atoms with Gasteiger partial charge in [-0.15, -0.1) is 0 Å². The fourth-order valence-corrected chi connectivity index (χ4v) is 5.89. The van der Waals surface area contributed by atoms with Crippen LogP contribution in [0.1, 0.15) is 37.9 Å². The van der Waals surface area contributed by atoms with Crippen LogP contribution in [0, 0.1) is 0 Å². The number of piperazine rings is 1. The Balaban J connectivity index is 1.16. The fourth-order valence-electron chi connectivity index (χ4n) is 5.89. The molecule has 3 aliphatic heterocycles. The summed E-state index contributed by atoms with van der Waals surface area (Å²) in [5, 5.41) is 0. The molecule has 6 nitrogen and oxygen atoms in total. The second-order valence-electron chi connectivity index (χ2n) is 9.59. The molecule has 4 aliphatic rings. The minimum Gasteiger partial charge on any atom is -0.381 e. The third kappa shape index (κ3) is 3.53. The first-order chi connectivity index (χ1) is 14.8. The van der Waals surface area contributed by atoms with E-state index in [1.54, 1.807) is 0 Å². The summed E-state index contributed by atoms with van der Waals surface area (Å²) in [5.74, 6) is 1.29. The van der Waals surface area contributed by atoms with E-state index in [1.807, 2.05) is 0 Å². The van der Waals surface area contributed by atoms with Crippen LogP contribution in [0.4, 0.5) is 5.69 Å². The topological polar surface area (TPSA) is 36.8 Å². The Bertz CT molecular complexity index is 877. The van der Waals surface area contributed by atoms with Crippen molar-refractivity contribution < 1.29 is 4.74 Å². The number of imidazole rings is 1. The van der Waals surface area contributed by atoms with Crippen molar-refractivity contribution >= 4 is 16.7 Å². The van der Waals surface area contributed by atoms with Crippen LogP contribution in [0.2, 0.25) is 0 Å².